The average Bonchev–Trinajstić information content (AvgIpc) is 3.35. The van der Waals surface area contributed by atoms with Gasteiger partial charge in [0.15, 0.2) is 16.0 Å². The summed E-state index contributed by atoms with van der Waals surface area (Å²) in [5.41, 5.74) is 1.98. The van der Waals surface area contributed by atoms with Gasteiger partial charge in [0.2, 0.25) is 5.91 Å². The molecule has 0 bridgehead atoms. The van der Waals surface area contributed by atoms with Gasteiger partial charge in [-0.2, -0.15) is 0 Å². The minimum atomic E-state index is -0.527. The molecule has 4 rings (SSSR count). The van der Waals surface area contributed by atoms with Crippen LogP contribution in [0, 0.1) is 0 Å². The summed E-state index contributed by atoms with van der Waals surface area (Å²) in [5.74, 6) is -0.220. The predicted octanol–water partition coefficient (Wildman–Crippen LogP) is 5.95. The van der Waals surface area contributed by atoms with Crippen LogP contribution in [-0.2, 0) is 4.79 Å². The van der Waals surface area contributed by atoms with Crippen LogP contribution in [0.4, 0.5) is 10.8 Å². The Morgan fingerprint density at radius 1 is 1.06 bits per heavy atom. The Morgan fingerprint density at radius 2 is 1.88 bits per heavy atom. The number of benzene rings is 2. The van der Waals surface area contributed by atoms with E-state index in [1.807, 2.05) is 6.07 Å². The van der Waals surface area contributed by atoms with Gasteiger partial charge in [0, 0.05) is 23.2 Å². The topological polar surface area (TPSA) is 96.3 Å². The number of nitrogens with zero attached hydrogens (tertiary/aromatic N) is 1. The minimum Gasteiger partial charge on any atom is -0.451 e. The summed E-state index contributed by atoms with van der Waals surface area (Å²) in [6, 6.07) is 13.5. The zero-order valence-corrected chi connectivity index (χ0v) is 19.5. The highest BCUT2D eigenvalue weighted by atomic mass is 35.5. The summed E-state index contributed by atoms with van der Waals surface area (Å²) in [6.07, 6.45) is 0. The molecule has 2 aromatic carbocycles. The first-order chi connectivity index (χ1) is 15.3. The number of hydrogen-bond donors (Lipinski definition) is 3. The van der Waals surface area contributed by atoms with Crippen LogP contribution in [-0.4, -0.2) is 21.9 Å². The Labute approximate surface area is 201 Å². The second-order valence-corrected chi connectivity index (χ2v) is 8.86. The summed E-state index contributed by atoms with van der Waals surface area (Å²) in [7, 11) is 0. The average molecular weight is 505 g/mol. The van der Waals surface area contributed by atoms with E-state index in [1.165, 1.54) is 24.3 Å². The molecule has 0 saturated heterocycles. The molecule has 11 heteroatoms. The van der Waals surface area contributed by atoms with Crippen LogP contribution in [0.15, 0.2) is 52.9 Å². The van der Waals surface area contributed by atoms with E-state index in [-0.39, 0.29) is 16.8 Å². The van der Waals surface area contributed by atoms with Gasteiger partial charge in [0.05, 0.1) is 15.2 Å². The molecule has 0 fully saturated rings. The van der Waals surface area contributed by atoms with Crippen molar-refractivity contribution in [3.05, 3.63) is 64.3 Å². The van der Waals surface area contributed by atoms with Crippen molar-refractivity contribution in [3.8, 4) is 11.3 Å². The maximum absolute atomic E-state index is 12.5. The molecule has 2 aromatic heterocycles. The number of thiazole rings is 1. The van der Waals surface area contributed by atoms with E-state index in [0.29, 0.717) is 32.2 Å². The highest BCUT2D eigenvalue weighted by Crippen LogP contribution is 2.32. The third-order valence-electron chi connectivity index (χ3n) is 4.18. The lowest BCUT2D eigenvalue weighted by atomic mass is 10.2. The third kappa shape index (κ3) is 5.08. The van der Waals surface area contributed by atoms with Crippen molar-refractivity contribution in [2.75, 3.05) is 10.6 Å². The lowest BCUT2D eigenvalue weighted by molar-refractivity contribution is -0.114. The largest absolute Gasteiger partial charge is 0.451 e. The van der Waals surface area contributed by atoms with E-state index >= 15 is 0 Å². The molecular formula is C21H14Cl2N4O3S2. The quantitative estimate of drug-likeness (QED) is 0.297. The molecule has 0 atom stereocenters. The van der Waals surface area contributed by atoms with Gasteiger partial charge in [-0.05, 0) is 60.7 Å². The van der Waals surface area contributed by atoms with Gasteiger partial charge in [0.1, 0.15) is 5.76 Å². The van der Waals surface area contributed by atoms with Crippen molar-refractivity contribution < 1.29 is 14.0 Å². The molecule has 0 aliphatic heterocycles. The van der Waals surface area contributed by atoms with Crippen molar-refractivity contribution in [2.45, 2.75) is 6.92 Å². The lowest BCUT2D eigenvalue weighted by Crippen LogP contribution is -2.33. The normalized spacial score (nSPS) is 10.7. The third-order valence-corrected chi connectivity index (χ3v) is 5.88. The molecule has 32 heavy (non-hydrogen) atoms. The van der Waals surface area contributed by atoms with Gasteiger partial charge >= 0.3 is 0 Å². The fourth-order valence-electron chi connectivity index (χ4n) is 2.84. The number of amides is 2. The number of carbonyl (C=O) groups is 2. The first-order valence-corrected chi connectivity index (χ1v) is 11.1. The van der Waals surface area contributed by atoms with E-state index in [0.717, 1.165) is 10.2 Å². The number of furan rings is 1. The Hall–Kier alpha value is -2.98. The van der Waals surface area contributed by atoms with Crippen LogP contribution in [0.3, 0.4) is 0 Å². The smallest absolute Gasteiger partial charge is 0.293 e. The molecule has 0 saturated carbocycles. The second-order valence-electron chi connectivity index (χ2n) is 6.58. The second kappa shape index (κ2) is 9.25. The monoisotopic (exact) mass is 504 g/mol. The van der Waals surface area contributed by atoms with E-state index < -0.39 is 5.91 Å². The highest BCUT2D eigenvalue weighted by Gasteiger charge is 2.16. The maximum Gasteiger partial charge on any atom is 0.293 e. The molecule has 0 aliphatic carbocycles. The Balaban J connectivity index is 1.43. The fraction of sp³-hybridized carbons (Fsp3) is 0.0476. The maximum atomic E-state index is 12.5. The molecule has 0 radical (unpaired) electrons. The molecule has 2 heterocycles. The predicted molar refractivity (Wildman–Crippen MR) is 132 cm³/mol. The van der Waals surface area contributed by atoms with Gasteiger partial charge in [-0.15, -0.1) is 0 Å². The van der Waals surface area contributed by atoms with Crippen LogP contribution >= 0.6 is 46.8 Å². The molecule has 7 nitrogen and oxygen atoms in total. The molecule has 0 spiro atoms. The van der Waals surface area contributed by atoms with Gasteiger partial charge < -0.3 is 15.1 Å². The molecular weight excluding hydrogens is 491 g/mol. The van der Waals surface area contributed by atoms with Crippen molar-refractivity contribution in [1.29, 1.82) is 0 Å². The van der Waals surface area contributed by atoms with E-state index in [9.17, 15) is 9.59 Å². The number of fused-ring (bicyclic) bond motifs is 1. The summed E-state index contributed by atoms with van der Waals surface area (Å²) < 4.78 is 6.47. The zero-order chi connectivity index (χ0) is 22.8. The molecule has 0 aliphatic rings. The van der Waals surface area contributed by atoms with Crippen LogP contribution < -0.4 is 16.0 Å². The van der Waals surface area contributed by atoms with Crippen molar-refractivity contribution >= 4 is 84.7 Å². The van der Waals surface area contributed by atoms with Crippen LogP contribution in [0.1, 0.15) is 17.5 Å². The fourth-order valence-corrected chi connectivity index (χ4v) is 4.39. The molecule has 0 unspecified atom stereocenters. The summed E-state index contributed by atoms with van der Waals surface area (Å²) in [6.45, 7) is 1.44. The standard InChI is InChI=1S/C21H14Cl2N4O3S2/c1-10(28)24-12-3-5-15-18(9-12)32-21(25-15)27-20(31)26-19(29)17-7-6-16(30-17)13-8-11(22)2-4-14(13)23/h2-9H,1H3,(H,24,28)(H2,25,26,27,29,31). The first-order valence-electron chi connectivity index (χ1n) is 9.14. The minimum absolute atomic E-state index is 0.0597. The number of hydrogen-bond acceptors (Lipinski definition) is 6. The summed E-state index contributed by atoms with van der Waals surface area (Å²) in [5, 5.41) is 9.67. The number of nitrogens with one attached hydrogen (secondary N) is 3. The van der Waals surface area contributed by atoms with Gasteiger partial charge in [-0.1, -0.05) is 34.5 Å². The number of rotatable bonds is 4. The number of thiocarbonyl (C=S) groups is 1. The SMILES string of the molecule is CC(=O)Nc1ccc2nc(NC(=S)NC(=O)c3ccc(-c4cc(Cl)ccc4Cl)o3)sc2c1. The number of halogens is 2. The Kier molecular flexibility index (Phi) is 6.43. The molecule has 3 N–H and O–H groups in total. The molecule has 2 amide bonds. The van der Waals surface area contributed by atoms with E-state index in [4.69, 9.17) is 39.8 Å². The summed E-state index contributed by atoms with van der Waals surface area (Å²) >= 11 is 18.8. The van der Waals surface area contributed by atoms with Gasteiger partial charge in [-0.25, -0.2) is 4.98 Å². The van der Waals surface area contributed by atoms with Crippen molar-refractivity contribution in [3.63, 3.8) is 0 Å². The molecule has 162 valence electrons. The van der Waals surface area contributed by atoms with Crippen molar-refractivity contribution in [2.24, 2.45) is 0 Å². The van der Waals surface area contributed by atoms with Crippen LogP contribution in [0.2, 0.25) is 10.0 Å². The highest BCUT2D eigenvalue weighted by molar-refractivity contribution is 7.80. The van der Waals surface area contributed by atoms with Gasteiger partial charge in [0.25, 0.3) is 5.91 Å². The number of aromatic nitrogens is 1. The van der Waals surface area contributed by atoms with Crippen LogP contribution in [0.25, 0.3) is 21.5 Å². The number of carbonyl (C=O) groups excluding carboxylic acids is 2. The Bertz CT molecular complexity index is 1370. The van der Waals surface area contributed by atoms with E-state index in [1.54, 1.807) is 36.4 Å². The van der Waals surface area contributed by atoms with Crippen molar-refractivity contribution in [1.82, 2.24) is 10.3 Å². The van der Waals surface area contributed by atoms with E-state index in [2.05, 4.69) is 20.9 Å². The van der Waals surface area contributed by atoms with Gasteiger partial charge in [-0.3, -0.25) is 14.9 Å². The molecule has 4 aromatic rings. The first kappa shape index (κ1) is 22.2. The summed E-state index contributed by atoms with van der Waals surface area (Å²) in [4.78, 5) is 28.2. The number of anilines is 2. The Morgan fingerprint density at radius 3 is 2.66 bits per heavy atom. The lowest BCUT2D eigenvalue weighted by Gasteiger charge is -2.05. The van der Waals surface area contributed by atoms with Crippen LogP contribution in [0.5, 0.6) is 0 Å². The zero-order valence-electron chi connectivity index (χ0n) is 16.4.